The molecule has 100 valence electrons. The number of rotatable bonds is 4. The molecule has 3 nitrogen and oxygen atoms in total. The Morgan fingerprint density at radius 1 is 1.61 bits per heavy atom. The fraction of sp³-hybridized carbons (Fsp3) is 0.615. The average molecular weight is 331 g/mol. The smallest absolute Gasteiger partial charge is 0.222 e. The Bertz CT molecular complexity index is 407. The molecule has 1 N–H and O–H groups in total. The third-order valence-electron chi connectivity index (χ3n) is 3.16. The molecule has 2 heterocycles. The van der Waals surface area contributed by atoms with Gasteiger partial charge < -0.3 is 10.2 Å². The molecule has 1 aromatic rings. The number of hydrogen-bond acceptors (Lipinski definition) is 3. The lowest BCUT2D eigenvalue weighted by Crippen LogP contribution is -2.51. The number of aryl methyl sites for hydroxylation is 1. The fourth-order valence-corrected chi connectivity index (χ4v) is 3.74. The number of hydrogen-bond donors (Lipinski definition) is 1. The molecule has 0 saturated carbocycles. The zero-order valence-electron chi connectivity index (χ0n) is 10.6. The van der Waals surface area contributed by atoms with Gasteiger partial charge in [0.05, 0.1) is 3.79 Å². The number of thiophene rings is 1. The molecule has 18 heavy (non-hydrogen) atoms. The Morgan fingerprint density at radius 2 is 2.44 bits per heavy atom. The van der Waals surface area contributed by atoms with E-state index in [9.17, 15) is 4.79 Å². The second-order valence-corrected chi connectivity index (χ2v) is 7.30. The standard InChI is InChI=1S/C13H19BrN2OS/c1-10-9-16(8-7-15-10)13(17)4-2-3-11-5-6-12(14)18-11/h5-6,10,15H,2-4,7-9H2,1H3. The van der Waals surface area contributed by atoms with E-state index >= 15 is 0 Å². The summed E-state index contributed by atoms with van der Waals surface area (Å²) in [5.74, 6) is 0.305. The van der Waals surface area contributed by atoms with Crippen molar-refractivity contribution in [2.75, 3.05) is 19.6 Å². The van der Waals surface area contributed by atoms with Gasteiger partial charge >= 0.3 is 0 Å². The van der Waals surface area contributed by atoms with E-state index in [1.165, 1.54) is 8.66 Å². The largest absolute Gasteiger partial charge is 0.340 e. The van der Waals surface area contributed by atoms with Gasteiger partial charge in [-0.25, -0.2) is 0 Å². The number of amides is 1. The van der Waals surface area contributed by atoms with Crippen molar-refractivity contribution in [1.82, 2.24) is 10.2 Å². The minimum atomic E-state index is 0.305. The molecule has 1 amide bonds. The molecule has 0 spiro atoms. The minimum absolute atomic E-state index is 0.305. The minimum Gasteiger partial charge on any atom is -0.340 e. The van der Waals surface area contributed by atoms with Crippen molar-refractivity contribution in [3.63, 3.8) is 0 Å². The number of nitrogens with zero attached hydrogens (tertiary/aromatic N) is 1. The predicted molar refractivity (Wildman–Crippen MR) is 79.0 cm³/mol. The second-order valence-electron chi connectivity index (χ2n) is 4.75. The van der Waals surface area contributed by atoms with Gasteiger partial charge in [-0.05, 0) is 47.8 Å². The van der Waals surface area contributed by atoms with E-state index in [1.54, 1.807) is 11.3 Å². The number of nitrogens with one attached hydrogen (secondary N) is 1. The predicted octanol–water partition coefficient (Wildman–Crippen LogP) is 2.65. The SMILES string of the molecule is CC1CN(C(=O)CCCc2ccc(Br)s2)CCN1. The van der Waals surface area contributed by atoms with Crippen LogP contribution >= 0.6 is 27.3 Å². The Balaban J connectivity index is 1.71. The van der Waals surface area contributed by atoms with E-state index in [-0.39, 0.29) is 0 Å². The molecule has 1 fully saturated rings. The lowest BCUT2D eigenvalue weighted by atomic mass is 10.1. The Kier molecular flexibility index (Phi) is 5.21. The van der Waals surface area contributed by atoms with Gasteiger partial charge in [0.1, 0.15) is 0 Å². The van der Waals surface area contributed by atoms with Crippen LogP contribution in [0, 0.1) is 0 Å². The maximum atomic E-state index is 12.0. The normalized spacial score (nSPS) is 20.1. The second kappa shape index (κ2) is 6.68. The monoisotopic (exact) mass is 330 g/mol. The highest BCUT2D eigenvalue weighted by molar-refractivity contribution is 9.11. The number of piperazine rings is 1. The molecule has 1 atom stereocenters. The third-order valence-corrected chi connectivity index (χ3v) is 4.85. The van der Waals surface area contributed by atoms with Gasteiger partial charge in [0.2, 0.25) is 5.91 Å². The Hall–Kier alpha value is -0.390. The van der Waals surface area contributed by atoms with E-state index in [1.807, 2.05) is 4.90 Å². The van der Waals surface area contributed by atoms with Crippen molar-refractivity contribution in [1.29, 1.82) is 0 Å². The maximum absolute atomic E-state index is 12.0. The molecule has 5 heteroatoms. The van der Waals surface area contributed by atoms with Crippen LogP contribution in [0.1, 0.15) is 24.6 Å². The highest BCUT2D eigenvalue weighted by Crippen LogP contribution is 2.23. The zero-order chi connectivity index (χ0) is 13.0. The molecule has 1 aromatic heterocycles. The van der Waals surface area contributed by atoms with Crippen molar-refractivity contribution in [2.24, 2.45) is 0 Å². The third kappa shape index (κ3) is 4.07. The van der Waals surface area contributed by atoms with Crippen molar-refractivity contribution in [2.45, 2.75) is 32.2 Å². The summed E-state index contributed by atoms with van der Waals surface area (Å²) >= 11 is 5.22. The van der Waals surface area contributed by atoms with Crippen LogP contribution in [0.15, 0.2) is 15.9 Å². The number of carbonyl (C=O) groups is 1. The molecule has 2 rings (SSSR count). The lowest BCUT2D eigenvalue weighted by molar-refractivity contribution is -0.132. The van der Waals surface area contributed by atoms with Crippen LogP contribution in [-0.4, -0.2) is 36.5 Å². The molecule has 1 aliphatic heterocycles. The van der Waals surface area contributed by atoms with Crippen LogP contribution in [-0.2, 0) is 11.2 Å². The quantitative estimate of drug-likeness (QED) is 0.920. The van der Waals surface area contributed by atoms with Crippen LogP contribution in [0.5, 0.6) is 0 Å². The zero-order valence-corrected chi connectivity index (χ0v) is 13.0. The molecule has 0 aromatic carbocycles. The average Bonchev–Trinajstić information content (AvgIpc) is 2.75. The first-order valence-corrected chi connectivity index (χ1v) is 8.01. The fourth-order valence-electron chi connectivity index (χ4n) is 2.22. The van der Waals surface area contributed by atoms with E-state index in [0.29, 0.717) is 18.4 Å². The van der Waals surface area contributed by atoms with Crippen LogP contribution in [0.25, 0.3) is 0 Å². The van der Waals surface area contributed by atoms with Gasteiger partial charge in [0.25, 0.3) is 0 Å². The van der Waals surface area contributed by atoms with Gasteiger partial charge in [0.15, 0.2) is 0 Å². The lowest BCUT2D eigenvalue weighted by Gasteiger charge is -2.32. The van der Waals surface area contributed by atoms with Crippen molar-refractivity contribution in [3.05, 3.63) is 20.8 Å². The van der Waals surface area contributed by atoms with Crippen molar-refractivity contribution < 1.29 is 4.79 Å². The molecule has 0 aliphatic carbocycles. The van der Waals surface area contributed by atoms with E-state index < -0.39 is 0 Å². The molecule has 0 radical (unpaired) electrons. The molecule has 1 aliphatic rings. The van der Waals surface area contributed by atoms with Crippen molar-refractivity contribution in [3.8, 4) is 0 Å². The summed E-state index contributed by atoms with van der Waals surface area (Å²) in [4.78, 5) is 15.4. The number of halogens is 1. The molecule has 0 bridgehead atoms. The summed E-state index contributed by atoms with van der Waals surface area (Å²) in [5.41, 5.74) is 0. The molecule has 1 unspecified atom stereocenters. The summed E-state index contributed by atoms with van der Waals surface area (Å²) in [6, 6.07) is 4.63. The topological polar surface area (TPSA) is 32.3 Å². The first kappa shape index (κ1) is 14.0. The van der Waals surface area contributed by atoms with Crippen LogP contribution in [0.2, 0.25) is 0 Å². The molecule has 1 saturated heterocycles. The van der Waals surface area contributed by atoms with E-state index in [0.717, 1.165) is 32.5 Å². The van der Waals surface area contributed by atoms with Gasteiger partial charge in [-0.15, -0.1) is 11.3 Å². The van der Waals surface area contributed by atoms with E-state index in [4.69, 9.17) is 0 Å². The highest BCUT2D eigenvalue weighted by Gasteiger charge is 2.19. The first-order chi connectivity index (χ1) is 8.65. The van der Waals surface area contributed by atoms with Crippen molar-refractivity contribution >= 4 is 33.2 Å². The summed E-state index contributed by atoms with van der Waals surface area (Å²) in [6.45, 7) is 4.75. The van der Waals surface area contributed by atoms with Gasteiger partial charge in [-0.1, -0.05) is 0 Å². The Labute approximate surface area is 121 Å². The van der Waals surface area contributed by atoms with Gasteiger partial charge in [-0.2, -0.15) is 0 Å². The van der Waals surface area contributed by atoms with Crippen LogP contribution < -0.4 is 5.32 Å². The molecular weight excluding hydrogens is 312 g/mol. The van der Waals surface area contributed by atoms with E-state index in [2.05, 4.69) is 40.3 Å². The summed E-state index contributed by atoms with van der Waals surface area (Å²) in [6.07, 6.45) is 2.62. The first-order valence-electron chi connectivity index (χ1n) is 6.40. The number of carbonyl (C=O) groups excluding carboxylic acids is 1. The van der Waals surface area contributed by atoms with Gasteiger partial charge in [0, 0.05) is 37.0 Å². The summed E-state index contributed by atoms with van der Waals surface area (Å²) < 4.78 is 1.17. The summed E-state index contributed by atoms with van der Waals surface area (Å²) in [5, 5.41) is 3.35. The Morgan fingerprint density at radius 3 is 3.11 bits per heavy atom. The highest BCUT2D eigenvalue weighted by atomic mass is 79.9. The maximum Gasteiger partial charge on any atom is 0.222 e. The van der Waals surface area contributed by atoms with Gasteiger partial charge in [-0.3, -0.25) is 4.79 Å². The van der Waals surface area contributed by atoms with Crippen LogP contribution in [0.4, 0.5) is 0 Å². The summed E-state index contributed by atoms with van der Waals surface area (Å²) in [7, 11) is 0. The van der Waals surface area contributed by atoms with Crippen LogP contribution in [0.3, 0.4) is 0 Å². The molecular formula is C13H19BrN2OS.